The number of rotatable bonds is 51. The summed E-state index contributed by atoms with van der Waals surface area (Å²) < 4.78 is 16.8. The maximum atomic E-state index is 12.8. The van der Waals surface area contributed by atoms with Gasteiger partial charge in [0.2, 0.25) is 0 Å². The first-order valence-electron chi connectivity index (χ1n) is 28.2. The summed E-state index contributed by atoms with van der Waals surface area (Å²) in [6.07, 6.45) is 65.2. The highest BCUT2D eigenvalue weighted by Gasteiger charge is 2.19. The quantitative estimate of drug-likeness (QED) is 0.0199. The summed E-state index contributed by atoms with van der Waals surface area (Å²) in [6.45, 7) is 6.62. The predicted octanol–water partition coefficient (Wildman–Crippen LogP) is 18.7. The number of unbranched alkanes of at least 4 members (excludes halogenated alkanes) is 34. The highest BCUT2D eigenvalue weighted by atomic mass is 16.6. The first-order valence-corrected chi connectivity index (χ1v) is 28.2. The van der Waals surface area contributed by atoms with Crippen LogP contribution in [0.4, 0.5) is 0 Å². The monoisotopic (exact) mass is 911 g/mol. The summed E-state index contributed by atoms with van der Waals surface area (Å²) in [5.41, 5.74) is 0. The molecular formula is C59H106O6. The molecular weight excluding hydrogens is 805 g/mol. The third kappa shape index (κ3) is 52.2. The topological polar surface area (TPSA) is 78.9 Å². The fourth-order valence-electron chi connectivity index (χ4n) is 8.09. The normalized spacial score (nSPS) is 12.4. The summed E-state index contributed by atoms with van der Waals surface area (Å²) in [6, 6.07) is 0. The maximum Gasteiger partial charge on any atom is 0.306 e. The molecule has 0 aromatic carbocycles. The molecule has 65 heavy (non-hydrogen) atoms. The molecule has 0 radical (unpaired) electrons. The fourth-order valence-corrected chi connectivity index (χ4v) is 8.09. The molecule has 0 bridgehead atoms. The minimum atomic E-state index is -0.783. The average Bonchev–Trinajstić information content (AvgIpc) is 3.30. The Morgan fingerprint density at radius 1 is 0.308 bits per heavy atom. The molecule has 6 nitrogen and oxygen atoms in total. The number of esters is 3. The van der Waals surface area contributed by atoms with Crippen LogP contribution >= 0.6 is 0 Å². The van der Waals surface area contributed by atoms with Crippen molar-refractivity contribution in [2.24, 2.45) is 0 Å². The number of ether oxygens (including phenoxy) is 3. The Morgan fingerprint density at radius 2 is 0.569 bits per heavy atom. The number of hydrogen-bond acceptors (Lipinski definition) is 6. The third-order valence-corrected chi connectivity index (χ3v) is 12.4. The lowest BCUT2D eigenvalue weighted by atomic mass is 10.1. The molecule has 1 unspecified atom stereocenters. The molecule has 1 atom stereocenters. The van der Waals surface area contributed by atoms with Crippen molar-refractivity contribution in [3.63, 3.8) is 0 Å². The van der Waals surface area contributed by atoms with E-state index >= 15 is 0 Å². The molecule has 378 valence electrons. The van der Waals surface area contributed by atoms with Gasteiger partial charge in [0, 0.05) is 19.3 Å². The van der Waals surface area contributed by atoms with Crippen LogP contribution in [0.1, 0.15) is 290 Å². The van der Waals surface area contributed by atoms with E-state index in [9.17, 15) is 14.4 Å². The highest BCUT2D eigenvalue weighted by molar-refractivity contribution is 5.71. The number of allylic oxidation sites excluding steroid dienone is 8. The standard InChI is InChI=1S/C59H106O6/c1-4-7-10-13-16-19-22-24-26-28-30-32-34-37-40-43-46-49-52-58(61)64-55-56(54-63-57(60)51-48-45-42-39-36-21-18-15-12-9-6-3)65-59(62)53-50-47-44-41-38-35-33-31-29-27-25-23-20-17-14-11-8-5-2/h22,24,26,28,30-33,56H,4-21,23,25,27,29,34-55H2,1-3H3/b24-22-,28-26-,32-30-,33-31-. The lowest BCUT2D eigenvalue weighted by Gasteiger charge is -2.18. The highest BCUT2D eigenvalue weighted by Crippen LogP contribution is 2.15. The van der Waals surface area contributed by atoms with Crippen LogP contribution in [-0.2, 0) is 28.6 Å². The Hall–Kier alpha value is -2.63. The number of carbonyl (C=O) groups excluding carboxylic acids is 3. The van der Waals surface area contributed by atoms with E-state index in [0.717, 1.165) is 89.9 Å². The molecule has 0 spiro atoms. The van der Waals surface area contributed by atoms with Gasteiger partial charge in [-0.3, -0.25) is 14.4 Å². The molecule has 0 rings (SSSR count). The van der Waals surface area contributed by atoms with Crippen molar-refractivity contribution >= 4 is 17.9 Å². The minimum Gasteiger partial charge on any atom is -0.462 e. The second kappa shape index (κ2) is 54.0. The Balaban J connectivity index is 4.38. The van der Waals surface area contributed by atoms with Gasteiger partial charge in [-0.15, -0.1) is 0 Å². The second-order valence-corrected chi connectivity index (χ2v) is 18.9. The lowest BCUT2D eigenvalue weighted by Crippen LogP contribution is -2.30. The molecule has 0 saturated carbocycles. The van der Waals surface area contributed by atoms with Gasteiger partial charge in [0.15, 0.2) is 6.10 Å². The van der Waals surface area contributed by atoms with Crippen molar-refractivity contribution in [2.75, 3.05) is 13.2 Å². The van der Waals surface area contributed by atoms with Gasteiger partial charge in [0.1, 0.15) is 13.2 Å². The fraction of sp³-hybridized carbons (Fsp3) is 0.814. The molecule has 0 aromatic heterocycles. The van der Waals surface area contributed by atoms with E-state index in [0.29, 0.717) is 19.3 Å². The molecule has 6 heteroatoms. The van der Waals surface area contributed by atoms with Crippen LogP contribution in [0.25, 0.3) is 0 Å². The summed E-state index contributed by atoms with van der Waals surface area (Å²) in [5, 5.41) is 0. The van der Waals surface area contributed by atoms with Gasteiger partial charge in [-0.25, -0.2) is 0 Å². The number of carbonyl (C=O) groups is 3. The van der Waals surface area contributed by atoms with Gasteiger partial charge in [-0.05, 0) is 70.6 Å². The van der Waals surface area contributed by atoms with Gasteiger partial charge >= 0.3 is 17.9 Å². The van der Waals surface area contributed by atoms with E-state index in [2.05, 4.69) is 69.4 Å². The van der Waals surface area contributed by atoms with Crippen LogP contribution in [-0.4, -0.2) is 37.2 Å². The van der Waals surface area contributed by atoms with Crippen LogP contribution in [0.15, 0.2) is 48.6 Å². The molecule has 0 saturated heterocycles. The van der Waals surface area contributed by atoms with Crippen molar-refractivity contribution < 1.29 is 28.6 Å². The van der Waals surface area contributed by atoms with Crippen molar-refractivity contribution in [3.8, 4) is 0 Å². The third-order valence-electron chi connectivity index (χ3n) is 12.4. The van der Waals surface area contributed by atoms with E-state index in [4.69, 9.17) is 14.2 Å². The van der Waals surface area contributed by atoms with Gasteiger partial charge in [-0.1, -0.05) is 249 Å². The predicted molar refractivity (Wildman–Crippen MR) is 279 cm³/mol. The van der Waals surface area contributed by atoms with E-state index in [1.165, 1.54) is 161 Å². The van der Waals surface area contributed by atoms with Gasteiger partial charge in [0.05, 0.1) is 0 Å². The van der Waals surface area contributed by atoms with Crippen LogP contribution in [0.3, 0.4) is 0 Å². The van der Waals surface area contributed by atoms with E-state index < -0.39 is 6.10 Å². The van der Waals surface area contributed by atoms with Crippen molar-refractivity contribution in [1.29, 1.82) is 0 Å². The zero-order valence-electron chi connectivity index (χ0n) is 43.3. The Morgan fingerprint density at radius 3 is 0.892 bits per heavy atom. The lowest BCUT2D eigenvalue weighted by molar-refractivity contribution is -0.167. The van der Waals surface area contributed by atoms with E-state index in [1.54, 1.807) is 0 Å². The summed E-state index contributed by atoms with van der Waals surface area (Å²) in [5.74, 6) is -0.899. The summed E-state index contributed by atoms with van der Waals surface area (Å²) >= 11 is 0. The zero-order chi connectivity index (χ0) is 47.2. The van der Waals surface area contributed by atoms with Gasteiger partial charge in [0.25, 0.3) is 0 Å². The Labute approximate surface area is 403 Å². The zero-order valence-corrected chi connectivity index (χ0v) is 43.3. The summed E-state index contributed by atoms with van der Waals surface area (Å²) in [4.78, 5) is 38.1. The molecule has 0 heterocycles. The largest absolute Gasteiger partial charge is 0.462 e. The van der Waals surface area contributed by atoms with Crippen LogP contribution in [0, 0.1) is 0 Å². The van der Waals surface area contributed by atoms with Crippen molar-refractivity contribution in [2.45, 2.75) is 297 Å². The summed E-state index contributed by atoms with van der Waals surface area (Å²) in [7, 11) is 0. The second-order valence-electron chi connectivity index (χ2n) is 18.9. The Kier molecular flexibility index (Phi) is 51.8. The van der Waals surface area contributed by atoms with Crippen LogP contribution in [0.5, 0.6) is 0 Å². The van der Waals surface area contributed by atoms with E-state index in [-0.39, 0.29) is 31.1 Å². The molecule has 0 N–H and O–H groups in total. The van der Waals surface area contributed by atoms with Gasteiger partial charge < -0.3 is 14.2 Å². The SMILES string of the molecule is CCCCCCC\C=C/C=C\C=C/CCCCCCCC(=O)OCC(COC(=O)CCCCCCCCCCCCC)OC(=O)CCCCCCC/C=C\CCCCCCCCCCC. The maximum absolute atomic E-state index is 12.8. The van der Waals surface area contributed by atoms with Crippen molar-refractivity contribution in [1.82, 2.24) is 0 Å². The van der Waals surface area contributed by atoms with Crippen LogP contribution in [0.2, 0.25) is 0 Å². The molecule has 0 amide bonds. The number of hydrogen-bond donors (Lipinski definition) is 0. The molecule has 0 aliphatic heterocycles. The molecule has 0 aliphatic carbocycles. The Bertz CT molecular complexity index is 1140. The smallest absolute Gasteiger partial charge is 0.306 e. The molecule has 0 aliphatic rings. The minimum absolute atomic E-state index is 0.0807. The van der Waals surface area contributed by atoms with Crippen molar-refractivity contribution in [3.05, 3.63) is 48.6 Å². The average molecular weight is 911 g/mol. The van der Waals surface area contributed by atoms with E-state index in [1.807, 2.05) is 0 Å². The first-order chi connectivity index (χ1) is 32.0. The first kappa shape index (κ1) is 62.4. The molecule has 0 fully saturated rings. The van der Waals surface area contributed by atoms with Crippen LogP contribution < -0.4 is 0 Å². The molecule has 0 aromatic rings. The van der Waals surface area contributed by atoms with Gasteiger partial charge in [-0.2, -0.15) is 0 Å².